The Balaban J connectivity index is 2.91. The van der Waals surface area contributed by atoms with Gasteiger partial charge in [-0.25, -0.2) is 0 Å². The first-order valence-corrected chi connectivity index (χ1v) is 5.60. The van der Waals surface area contributed by atoms with Crippen LogP contribution in [-0.4, -0.2) is 23.4 Å². The van der Waals surface area contributed by atoms with E-state index in [1.807, 2.05) is 45.0 Å². The first-order valence-electron chi connectivity index (χ1n) is 5.60. The van der Waals surface area contributed by atoms with Gasteiger partial charge in [0.15, 0.2) is 0 Å². The van der Waals surface area contributed by atoms with Crippen molar-refractivity contribution in [2.75, 3.05) is 6.54 Å². The number of carbonyl (C=O) groups excluding carboxylic acids is 1. The first-order chi connectivity index (χ1) is 7.60. The summed E-state index contributed by atoms with van der Waals surface area (Å²) in [6.45, 7) is 10.4. The monoisotopic (exact) mass is 217 g/mol. The third kappa shape index (κ3) is 2.72. The Morgan fingerprint density at radius 3 is 2.44 bits per heavy atom. The molecule has 1 rings (SSSR count). The van der Waals surface area contributed by atoms with E-state index in [9.17, 15) is 4.79 Å². The molecule has 0 aromatic heterocycles. The van der Waals surface area contributed by atoms with Crippen molar-refractivity contribution in [2.45, 2.75) is 26.8 Å². The molecule has 1 aromatic carbocycles. The van der Waals surface area contributed by atoms with Crippen LogP contribution in [0.5, 0.6) is 0 Å². The van der Waals surface area contributed by atoms with Gasteiger partial charge in [-0.2, -0.15) is 0 Å². The van der Waals surface area contributed by atoms with Crippen LogP contribution in [0.1, 0.15) is 29.8 Å². The van der Waals surface area contributed by atoms with Crippen molar-refractivity contribution < 1.29 is 4.79 Å². The fraction of sp³-hybridized carbons (Fsp3) is 0.357. The highest BCUT2D eigenvalue weighted by Crippen LogP contribution is 2.10. The maximum atomic E-state index is 12.2. The first kappa shape index (κ1) is 12.5. The molecule has 0 aliphatic carbocycles. The molecule has 1 aromatic rings. The second-order valence-corrected chi connectivity index (χ2v) is 3.93. The van der Waals surface area contributed by atoms with E-state index < -0.39 is 0 Å². The van der Waals surface area contributed by atoms with Crippen molar-refractivity contribution in [1.29, 1.82) is 0 Å². The van der Waals surface area contributed by atoms with Crippen LogP contribution in [0.2, 0.25) is 0 Å². The molecule has 0 bridgehead atoms. The molecular weight excluding hydrogens is 198 g/mol. The van der Waals surface area contributed by atoms with Crippen molar-refractivity contribution in [3.8, 4) is 0 Å². The summed E-state index contributed by atoms with van der Waals surface area (Å²) < 4.78 is 0. The van der Waals surface area contributed by atoms with Gasteiger partial charge in [-0.15, -0.1) is 6.58 Å². The third-order valence-electron chi connectivity index (χ3n) is 2.73. The van der Waals surface area contributed by atoms with Gasteiger partial charge in [0.2, 0.25) is 0 Å². The van der Waals surface area contributed by atoms with Crippen LogP contribution < -0.4 is 0 Å². The highest BCUT2D eigenvalue weighted by Gasteiger charge is 2.17. The van der Waals surface area contributed by atoms with E-state index in [0.717, 1.165) is 11.1 Å². The zero-order valence-electron chi connectivity index (χ0n) is 10.2. The largest absolute Gasteiger partial charge is 0.333 e. The van der Waals surface area contributed by atoms with Gasteiger partial charge in [-0.3, -0.25) is 4.79 Å². The highest BCUT2D eigenvalue weighted by atomic mass is 16.2. The third-order valence-corrected chi connectivity index (χ3v) is 2.73. The summed E-state index contributed by atoms with van der Waals surface area (Å²) in [6, 6.07) is 7.73. The highest BCUT2D eigenvalue weighted by molar-refractivity contribution is 5.94. The lowest BCUT2D eigenvalue weighted by molar-refractivity contribution is 0.0734. The number of benzene rings is 1. The summed E-state index contributed by atoms with van der Waals surface area (Å²) in [5.74, 6) is 0.0647. The summed E-state index contributed by atoms with van der Waals surface area (Å²) in [6.07, 6.45) is 1.79. The molecule has 0 heterocycles. The topological polar surface area (TPSA) is 20.3 Å². The maximum absolute atomic E-state index is 12.2. The molecule has 1 amide bonds. The summed E-state index contributed by atoms with van der Waals surface area (Å²) >= 11 is 0. The zero-order chi connectivity index (χ0) is 12.1. The number of hydrogen-bond acceptors (Lipinski definition) is 1. The van der Waals surface area contributed by atoms with Crippen molar-refractivity contribution >= 4 is 5.91 Å². The standard InChI is InChI=1S/C14H19NO/c1-5-12(4)15(6-2)14(16)13-9-7-11(3)8-10-13/h5,7-10,12H,1,6H2,2-4H3. The van der Waals surface area contributed by atoms with Crippen LogP contribution in [0, 0.1) is 6.92 Å². The fourth-order valence-corrected chi connectivity index (χ4v) is 1.61. The Bertz CT molecular complexity index is 367. The summed E-state index contributed by atoms with van der Waals surface area (Å²) in [5, 5.41) is 0. The predicted molar refractivity (Wildman–Crippen MR) is 67.5 cm³/mol. The molecule has 2 nitrogen and oxygen atoms in total. The fourth-order valence-electron chi connectivity index (χ4n) is 1.61. The molecule has 0 saturated carbocycles. The van der Waals surface area contributed by atoms with Crippen molar-refractivity contribution in [3.05, 3.63) is 48.0 Å². The minimum absolute atomic E-state index is 0.0647. The van der Waals surface area contributed by atoms with E-state index in [4.69, 9.17) is 0 Å². The minimum atomic E-state index is 0.0647. The van der Waals surface area contributed by atoms with Crippen molar-refractivity contribution in [1.82, 2.24) is 4.90 Å². The van der Waals surface area contributed by atoms with E-state index in [-0.39, 0.29) is 11.9 Å². The van der Waals surface area contributed by atoms with Crippen molar-refractivity contribution in [2.24, 2.45) is 0 Å². The molecule has 2 heteroatoms. The van der Waals surface area contributed by atoms with E-state index in [1.165, 1.54) is 0 Å². The average Bonchev–Trinajstić information content (AvgIpc) is 2.30. The van der Waals surface area contributed by atoms with Gasteiger partial charge in [-0.1, -0.05) is 23.8 Å². The lowest BCUT2D eigenvalue weighted by Gasteiger charge is -2.25. The molecule has 16 heavy (non-hydrogen) atoms. The quantitative estimate of drug-likeness (QED) is 0.710. The molecule has 1 atom stereocenters. The van der Waals surface area contributed by atoms with Crippen LogP contribution in [0.15, 0.2) is 36.9 Å². The van der Waals surface area contributed by atoms with Crippen LogP contribution in [0.3, 0.4) is 0 Å². The number of nitrogens with zero attached hydrogens (tertiary/aromatic N) is 1. The van der Waals surface area contributed by atoms with Crippen molar-refractivity contribution in [3.63, 3.8) is 0 Å². The lowest BCUT2D eigenvalue weighted by Crippen LogP contribution is -2.37. The molecule has 0 saturated heterocycles. The van der Waals surface area contributed by atoms with Gasteiger partial charge in [0.05, 0.1) is 0 Å². The maximum Gasteiger partial charge on any atom is 0.254 e. The number of amides is 1. The second kappa shape index (κ2) is 5.50. The van der Waals surface area contributed by atoms with Gasteiger partial charge in [0.25, 0.3) is 5.91 Å². The SMILES string of the molecule is C=CC(C)N(CC)C(=O)c1ccc(C)cc1. The molecule has 0 fully saturated rings. The minimum Gasteiger partial charge on any atom is -0.333 e. The van der Waals surface area contributed by atoms with Crippen LogP contribution in [0.4, 0.5) is 0 Å². The van der Waals surface area contributed by atoms with Crippen LogP contribution >= 0.6 is 0 Å². The smallest absolute Gasteiger partial charge is 0.254 e. The normalized spacial score (nSPS) is 11.9. The van der Waals surface area contributed by atoms with E-state index >= 15 is 0 Å². The Kier molecular flexibility index (Phi) is 4.29. The Morgan fingerprint density at radius 2 is 2.00 bits per heavy atom. The summed E-state index contributed by atoms with van der Waals surface area (Å²) in [7, 11) is 0. The Hall–Kier alpha value is -1.57. The summed E-state index contributed by atoms with van der Waals surface area (Å²) in [5.41, 5.74) is 1.90. The lowest BCUT2D eigenvalue weighted by atomic mass is 10.1. The predicted octanol–water partition coefficient (Wildman–Crippen LogP) is 3.03. The Labute approximate surface area is 97.6 Å². The van der Waals surface area contributed by atoms with Gasteiger partial charge < -0.3 is 4.90 Å². The number of hydrogen-bond donors (Lipinski definition) is 0. The zero-order valence-corrected chi connectivity index (χ0v) is 10.2. The van der Waals surface area contributed by atoms with E-state index in [2.05, 4.69) is 6.58 Å². The van der Waals surface area contributed by atoms with Crippen LogP contribution in [-0.2, 0) is 0 Å². The number of rotatable bonds is 4. The molecule has 0 radical (unpaired) electrons. The molecule has 1 unspecified atom stereocenters. The van der Waals surface area contributed by atoms with E-state index in [0.29, 0.717) is 6.54 Å². The summed E-state index contributed by atoms with van der Waals surface area (Å²) in [4.78, 5) is 14.0. The second-order valence-electron chi connectivity index (χ2n) is 3.93. The van der Waals surface area contributed by atoms with Gasteiger partial charge in [-0.05, 0) is 32.9 Å². The molecule has 0 aliphatic rings. The number of aryl methyl sites for hydroxylation is 1. The molecule has 86 valence electrons. The Morgan fingerprint density at radius 1 is 1.44 bits per heavy atom. The van der Waals surface area contributed by atoms with Crippen LogP contribution in [0.25, 0.3) is 0 Å². The van der Waals surface area contributed by atoms with E-state index in [1.54, 1.807) is 11.0 Å². The number of carbonyl (C=O) groups is 1. The number of likely N-dealkylation sites (N-methyl/N-ethyl adjacent to an activating group) is 1. The molecular formula is C14H19NO. The molecule has 0 N–H and O–H groups in total. The average molecular weight is 217 g/mol. The van der Waals surface area contributed by atoms with Gasteiger partial charge in [0.1, 0.15) is 0 Å². The van der Waals surface area contributed by atoms with Gasteiger partial charge >= 0.3 is 0 Å². The molecule has 0 spiro atoms. The van der Waals surface area contributed by atoms with Gasteiger partial charge in [0, 0.05) is 18.2 Å². The molecule has 0 aliphatic heterocycles.